The molecule has 0 radical (unpaired) electrons. The zero-order chi connectivity index (χ0) is 15.9. The van der Waals surface area contributed by atoms with Crippen molar-refractivity contribution < 1.29 is 19.0 Å². The molecule has 0 aliphatic heterocycles. The van der Waals surface area contributed by atoms with E-state index in [1.807, 2.05) is 38.1 Å². The number of para-hydroxylation sites is 1. The van der Waals surface area contributed by atoms with Crippen LogP contribution in [0.25, 0.3) is 0 Å². The third-order valence-electron chi connectivity index (χ3n) is 3.16. The Kier molecular flexibility index (Phi) is 5.42. The van der Waals surface area contributed by atoms with Gasteiger partial charge in [0.25, 0.3) is 0 Å². The second kappa shape index (κ2) is 7.50. The van der Waals surface area contributed by atoms with Crippen molar-refractivity contribution >= 4 is 6.29 Å². The Morgan fingerprint density at radius 3 is 2.45 bits per heavy atom. The standard InChI is InChI=1S/C18H20O4/c1-4-9-21-18-16(20-3)10-14(12-19)11-17(18)22-15-8-6-5-7-13(15)2/h5-8,10-12H,4,9H2,1-3H3. The number of hydrogen-bond donors (Lipinski definition) is 0. The van der Waals surface area contributed by atoms with Crippen molar-refractivity contribution in [1.82, 2.24) is 0 Å². The summed E-state index contributed by atoms with van der Waals surface area (Å²) in [5, 5.41) is 0. The van der Waals surface area contributed by atoms with Gasteiger partial charge in [-0.3, -0.25) is 4.79 Å². The third kappa shape index (κ3) is 3.58. The summed E-state index contributed by atoms with van der Waals surface area (Å²) in [6, 6.07) is 11.0. The van der Waals surface area contributed by atoms with Crippen LogP contribution in [0.5, 0.6) is 23.0 Å². The van der Waals surface area contributed by atoms with E-state index in [-0.39, 0.29) is 0 Å². The van der Waals surface area contributed by atoms with E-state index in [0.717, 1.165) is 18.3 Å². The molecule has 0 aliphatic carbocycles. The SMILES string of the molecule is CCCOc1c(OC)cc(C=O)cc1Oc1ccccc1C. The van der Waals surface area contributed by atoms with Gasteiger partial charge in [0.15, 0.2) is 11.5 Å². The normalized spacial score (nSPS) is 10.1. The number of aryl methyl sites for hydroxylation is 1. The van der Waals surface area contributed by atoms with E-state index >= 15 is 0 Å². The van der Waals surface area contributed by atoms with Crippen LogP contribution >= 0.6 is 0 Å². The van der Waals surface area contributed by atoms with Gasteiger partial charge in [-0.2, -0.15) is 0 Å². The topological polar surface area (TPSA) is 44.8 Å². The summed E-state index contributed by atoms with van der Waals surface area (Å²) in [5.41, 5.74) is 1.48. The highest BCUT2D eigenvalue weighted by Gasteiger charge is 2.16. The first-order valence-electron chi connectivity index (χ1n) is 7.23. The molecule has 0 atom stereocenters. The lowest BCUT2D eigenvalue weighted by atomic mass is 10.2. The zero-order valence-electron chi connectivity index (χ0n) is 13.1. The molecule has 0 aromatic heterocycles. The van der Waals surface area contributed by atoms with Crippen molar-refractivity contribution in [3.8, 4) is 23.0 Å². The first-order valence-corrected chi connectivity index (χ1v) is 7.23. The smallest absolute Gasteiger partial charge is 0.204 e. The molecular formula is C18H20O4. The summed E-state index contributed by atoms with van der Waals surface area (Å²) in [4.78, 5) is 11.1. The van der Waals surface area contributed by atoms with Gasteiger partial charge in [0.1, 0.15) is 12.0 Å². The maximum atomic E-state index is 11.1. The molecule has 2 aromatic carbocycles. The molecule has 0 spiro atoms. The molecule has 0 heterocycles. The summed E-state index contributed by atoms with van der Waals surface area (Å²) in [6.45, 7) is 4.53. The Hall–Kier alpha value is -2.49. The Bertz CT molecular complexity index is 650. The van der Waals surface area contributed by atoms with Gasteiger partial charge in [-0.25, -0.2) is 0 Å². The molecule has 2 aromatic rings. The van der Waals surface area contributed by atoms with Crippen LogP contribution in [0.15, 0.2) is 36.4 Å². The van der Waals surface area contributed by atoms with E-state index in [1.54, 1.807) is 19.2 Å². The highest BCUT2D eigenvalue weighted by molar-refractivity contribution is 5.78. The minimum Gasteiger partial charge on any atom is -0.493 e. The largest absolute Gasteiger partial charge is 0.493 e. The van der Waals surface area contributed by atoms with E-state index in [4.69, 9.17) is 14.2 Å². The highest BCUT2D eigenvalue weighted by atomic mass is 16.5. The Morgan fingerprint density at radius 2 is 1.82 bits per heavy atom. The predicted molar refractivity (Wildman–Crippen MR) is 85.4 cm³/mol. The lowest BCUT2D eigenvalue weighted by molar-refractivity contribution is 0.112. The lowest BCUT2D eigenvalue weighted by Crippen LogP contribution is -2.01. The molecule has 0 unspecified atom stereocenters. The van der Waals surface area contributed by atoms with E-state index in [1.165, 1.54) is 0 Å². The van der Waals surface area contributed by atoms with Crippen molar-refractivity contribution in [3.05, 3.63) is 47.5 Å². The fourth-order valence-electron chi connectivity index (χ4n) is 2.03. The summed E-state index contributed by atoms with van der Waals surface area (Å²) in [7, 11) is 1.54. The fourth-order valence-corrected chi connectivity index (χ4v) is 2.03. The number of carbonyl (C=O) groups is 1. The minimum atomic E-state index is 0.476. The van der Waals surface area contributed by atoms with Gasteiger partial charge in [0.2, 0.25) is 5.75 Å². The first-order chi connectivity index (χ1) is 10.7. The molecule has 0 saturated carbocycles. The highest BCUT2D eigenvalue weighted by Crippen LogP contribution is 2.41. The van der Waals surface area contributed by atoms with Crippen LogP contribution in [-0.2, 0) is 0 Å². The summed E-state index contributed by atoms with van der Waals surface area (Å²) in [6.07, 6.45) is 1.62. The molecular weight excluding hydrogens is 280 g/mol. The number of ether oxygens (including phenoxy) is 3. The molecule has 4 nitrogen and oxygen atoms in total. The zero-order valence-corrected chi connectivity index (χ0v) is 13.1. The maximum absolute atomic E-state index is 11.1. The first kappa shape index (κ1) is 15.9. The van der Waals surface area contributed by atoms with Gasteiger partial charge < -0.3 is 14.2 Å². The molecule has 0 saturated heterocycles. The van der Waals surface area contributed by atoms with Crippen LogP contribution in [-0.4, -0.2) is 20.0 Å². The average molecular weight is 300 g/mol. The summed E-state index contributed by atoms with van der Waals surface area (Å²) < 4.78 is 17.0. The summed E-state index contributed by atoms with van der Waals surface area (Å²) in [5.74, 6) is 2.19. The average Bonchev–Trinajstić information content (AvgIpc) is 2.55. The predicted octanol–water partition coefficient (Wildman–Crippen LogP) is 4.40. The number of aldehydes is 1. The molecule has 0 fully saturated rings. The van der Waals surface area contributed by atoms with Gasteiger partial charge in [0, 0.05) is 5.56 Å². The Labute approximate surface area is 130 Å². The molecule has 0 aliphatic rings. The van der Waals surface area contributed by atoms with Crippen molar-refractivity contribution in [3.63, 3.8) is 0 Å². The molecule has 22 heavy (non-hydrogen) atoms. The summed E-state index contributed by atoms with van der Waals surface area (Å²) >= 11 is 0. The molecule has 0 N–H and O–H groups in total. The van der Waals surface area contributed by atoms with Crippen LogP contribution in [0.3, 0.4) is 0 Å². The number of rotatable bonds is 7. The van der Waals surface area contributed by atoms with Gasteiger partial charge in [-0.05, 0) is 37.1 Å². The monoisotopic (exact) mass is 300 g/mol. The van der Waals surface area contributed by atoms with Gasteiger partial charge in [0.05, 0.1) is 13.7 Å². The molecule has 4 heteroatoms. The number of hydrogen-bond acceptors (Lipinski definition) is 4. The van der Waals surface area contributed by atoms with Crippen LogP contribution in [0.2, 0.25) is 0 Å². The van der Waals surface area contributed by atoms with E-state index < -0.39 is 0 Å². The molecule has 0 amide bonds. The van der Waals surface area contributed by atoms with Crippen LogP contribution in [0, 0.1) is 6.92 Å². The van der Waals surface area contributed by atoms with Crippen molar-refractivity contribution in [2.24, 2.45) is 0 Å². The van der Waals surface area contributed by atoms with Crippen molar-refractivity contribution in [2.45, 2.75) is 20.3 Å². The molecule has 0 bridgehead atoms. The van der Waals surface area contributed by atoms with Crippen LogP contribution in [0.1, 0.15) is 29.3 Å². The Balaban J connectivity index is 2.46. The quantitative estimate of drug-likeness (QED) is 0.711. The molecule has 116 valence electrons. The number of carbonyl (C=O) groups excluding carboxylic acids is 1. The number of methoxy groups -OCH3 is 1. The van der Waals surface area contributed by atoms with Crippen LogP contribution < -0.4 is 14.2 Å². The second-order valence-corrected chi connectivity index (χ2v) is 4.88. The molecule has 2 rings (SSSR count). The van der Waals surface area contributed by atoms with Gasteiger partial charge in [-0.1, -0.05) is 25.1 Å². The number of benzene rings is 2. The van der Waals surface area contributed by atoms with Crippen molar-refractivity contribution in [1.29, 1.82) is 0 Å². The van der Waals surface area contributed by atoms with E-state index in [9.17, 15) is 4.79 Å². The van der Waals surface area contributed by atoms with Gasteiger partial charge in [-0.15, -0.1) is 0 Å². The van der Waals surface area contributed by atoms with Gasteiger partial charge >= 0.3 is 0 Å². The minimum absolute atomic E-state index is 0.476. The van der Waals surface area contributed by atoms with E-state index in [0.29, 0.717) is 35.2 Å². The Morgan fingerprint density at radius 1 is 1.09 bits per heavy atom. The fraction of sp³-hybridized carbons (Fsp3) is 0.278. The lowest BCUT2D eigenvalue weighted by Gasteiger charge is -2.16. The van der Waals surface area contributed by atoms with Crippen LogP contribution in [0.4, 0.5) is 0 Å². The maximum Gasteiger partial charge on any atom is 0.204 e. The van der Waals surface area contributed by atoms with E-state index in [2.05, 4.69) is 0 Å². The second-order valence-electron chi connectivity index (χ2n) is 4.88. The van der Waals surface area contributed by atoms with Crippen molar-refractivity contribution in [2.75, 3.05) is 13.7 Å². The third-order valence-corrected chi connectivity index (χ3v) is 3.16.